The smallest absolute Gasteiger partial charge is 0.326 e. The van der Waals surface area contributed by atoms with Crippen LogP contribution in [0.25, 0.3) is 0 Å². The van der Waals surface area contributed by atoms with Crippen LogP contribution in [0.1, 0.15) is 22.3 Å². The number of hydrogen-bond acceptors (Lipinski definition) is 3. The average molecular weight is 249 g/mol. The number of nitrogens with zero attached hydrogens (tertiary/aromatic N) is 1. The Morgan fingerprint density at radius 1 is 1.39 bits per heavy atom. The summed E-state index contributed by atoms with van der Waals surface area (Å²) >= 11 is 0. The fourth-order valence-corrected chi connectivity index (χ4v) is 2.22. The van der Waals surface area contributed by atoms with Gasteiger partial charge in [-0.1, -0.05) is 17.7 Å². The maximum absolute atomic E-state index is 12.2. The van der Waals surface area contributed by atoms with Gasteiger partial charge in [0.2, 0.25) is 0 Å². The summed E-state index contributed by atoms with van der Waals surface area (Å²) in [7, 11) is 0. The van der Waals surface area contributed by atoms with Crippen LogP contribution >= 0.6 is 0 Å². The summed E-state index contributed by atoms with van der Waals surface area (Å²) in [5, 5.41) is 18.6. The topological polar surface area (TPSA) is 77.8 Å². The quantitative estimate of drug-likeness (QED) is 0.807. The molecule has 1 aliphatic rings. The highest BCUT2D eigenvalue weighted by Crippen LogP contribution is 2.21. The van der Waals surface area contributed by atoms with E-state index < -0.39 is 18.1 Å². The predicted octanol–water partition coefficient (Wildman–Crippen LogP) is 0.655. The summed E-state index contributed by atoms with van der Waals surface area (Å²) in [6.45, 7) is 1.94. The standard InChI is InChI=1S/C13H15NO4/c1-8-3-2-4-9(5-8)12(16)14-7-10(15)6-11(14)13(17)18/h2-5,10-11,15H,6-7H2,1H3,(H,17,18). The van der Waals surface area contributed by atoms with E-state index in [0.717, 1.165) is 5.56 Å². The molecule has 1 fully saturated rings. The molecule has 0 aromatic heterocycles. The van der Waals surface area contributed by atoms with Gasteiger partial charge in [-0.05, 0) is 19.1 Å². The van der Waals surface area contributed by atoms with Crippen LogP contribution in [0.4, 0.5) is 0 Å². The molecule has 0 radical (unpaired) electrons. The molecule has 5 nitrogen and oxygen atoms in total. The number of carboxylic acids is 1. The zero-order chi connectivity index (χ0) is 13.3. The fraction of sp³-hybridized carbons (Fsp3) is 0.385. The number of carboxylic acid groups (broad SMARTS) is 1. The van der Waals surface area contributed by atoms with Gasteiger partial charge in [0.05, 0.1) is 6.10 Å². The van der Waals surface area contributed by atoms with E-state index in [1.807, 2.05) is 13.0 Å². The van der Waals surface area contributed by atoms with Gasteiger partial charge in [0, 0.05) is 18.5 Å². The lowest BCUT2D eigenvalue weighted by molar-refractivity contribution is -0.141. The van der Waals surface area contributed by atoms with Gasteiger partial charge in [-0.2, -0.15) is 0 Å². The molecule has 2 N–H and O–H groups in total. The monoisotopic (exact) mass is 249 g/mol. The third-order valence-electron chi connectivity index (χ3n) is 3.09. The van der Waals surface area contributed by atoms with Gasteiger partial charge < -0.3 is 15.1 Å². The van der Waals surface area contributed by atoms with Crippen LogP contribution in [0.3, 0.4) is 0 Å². The molecular formula is C13H15NO4. The molecule has 2 atom stereocenters. The van der Waals surface area contributed by atoms with Crippen molar-refractivity contribution in [3.8, 4) is 0 Å². The van der Waals surface area contributed by atoms with Crippen molar-refractivity contribution in [1.82, 2.24) is 4.90 Å². The van der Waals surface area contributed by atoms with Gasteiger partial charge >= 0.3 is 5.97 Å². The molecule has 5 heteroatoms. The van der Waals surface area contributed by atoms with Crippen LogP contribution in [0.2, 0.25) is 0 Å². The molecule has 1 aromatic carbocycles. The number of likely N-dealkylation sites (tertiary alicyclic amines) is 1. The van der Waals surface area contributed by atoms with Crippen molar-refractivity contribution in [2.75, 3.05) is 6.54 Å². The van der Waals surface area contributed by atoms with Gasteiger partial charge in [0.15, 0.2) is 0 Å². The Kier molecular flexibility index (Phi) is 3.34. The molecule has 0 bridgehead atoms. The molecule has 2 unspecified atom stereocenters. The first-order valence-corrected chi connectivity index (χ1v) is 5.77. The lowest BCUT2D eigenvalue weighted by Crippen LogP contribution is -2.40. The van der Waals surface area contributed by atoms with Crippen LogP contribution < -0.4 is 0 Å². The molecule has 0 aliphatic carbocycles. The summed E-state index contributed by atoms with van der Waals surface area (Å²) in [5.41, 5.74) is 1.39. The van der Waals surface area contributed by atoms with Gasteiger partial charge in [-0.15, -0.1) is 0 Å². The van der Waals surface area contributed by atoms with Crippen molar-refractivity contribution in [3.05, 3.63) is 35.4 Å². The summed E-state index contributed by atoms with van der Waals surface area (Å²) in [6.07, 6.45) is -0.674. The van der Waals surface area contributed by atoms with Crippen LogP contribution in [0, 0.1) is 6.92 Å². The maximum Gasteiger partial charge on any atom is 0.326 e. The number of aliphatic hydroxyl groups is 1. The van der Waals surface area contributed by atoms with Crippen LogP contribution in [0.5, 0.6) is 0 Å². The zero-order valence-corrected chi connectivity index (χ0v) is 10.0. The second-order valence-corrected chi connectivity index (χ2v) is 4.57. The fourth-order valence-electron chi connectivity index (χ4n) is 2.22. The van der Waals surface area contributed by atoms with Crippen LogP contribution in [-0.2, 0) is 4.79 Å². The molecule has 1 aliphatic heterocycles. The first-order chi connectivity index (χ1) is 8.49. The molecule has 1 amide bonds. The second kappa shape index (κ2) is 4.78. The summed E-state index contributed by atoms with van der Waals surface area (Å²) < 4.78 is 0. The number of rotatable bonds is 2. The van der Waals surface area contributed by atoms with Crippen molar-refractivity contribution in [2.45, 2.75) is 25.5 Å². The highest BCUT2D eigenvalue weighted by Gasteiger charge is 2.39. The third kappa shape index (κ3) is 2.36. The molecule has 2 rings (SSSR count). The van der Waals surface area contributed by atoms with E-state index >= 15 is 0 Å². The van der Waals surface area contributed by atoms with Crippen molar-refractivity contribution in [3.63, 3.8) is 0 Å². The Morgan fingerprint density at radius 3 is 2.72 bits per heavy atom. The highest BCUT2D eigenvalue weighted by molar-refractivity contribution is 5.97. The summed E-state index contributed by atoms with van der Waals surface area (Å²) in [5.74, 6) is -1.42. The largest absolute Gasteiger partial charge is 0.480 e. The molecular weight excluding hydrogens is 234 g/mol. The molecule has 0 saturated carbocycles. The minimum atomic E-state index is -1.08. The number of aryl methyl sites for hydroxylation is 1. The highest BCUT2D eigenvalue weighted by atomic mass is 16.4. The van der Waals surface area contributed by atoms with E-state index in [1.54, 1.807) is 18.2 Å². The van der Waals surface area contributed by atoms with E-state index in [2.05, 4.69) is 0 Å². The Bertz CT molecular complexity index is 486. The van der Waals surface area contributed by atoms with E-state index in [4.69, 9.17) is 5.11 Å². The molecule has 1 heterocycles. The lowest BCUT2D eigenvalue weighted by Gasteiger charge is -2.21. The average Bonchev–Trinajstić information content (AvgIpc) is 2.70. The first-order valence-electron chi connectivity index (χ1n) is 5.77. The lowest BCUT2D eigenvalue weighted by atomic mass is 10.1. The molecule has 1 aromatic rings. The SMILES string of the molecule is Cc1cccc(C(=O)N2CC(O)CC2C(=O)O)c1. The maximum atomic E-state index is 12.2. The number of benzene rings is 1. The Morgan fingerprint density at radius 2 is 2.11 bits per heavy atom. The predicted molar refractivity (Wildman–Crippen MR) is 64.3 cm³/mol. The zero-order valence-electron chi connectivity index (χ0n) is 10.0. The number of carbonyl (C=O) groups is 2. The van der Waals surface area contributed by atoms with Gasteiger partial charge in [-0.3, -0.25) is 4.79 Å². The minimum absolute atomic E-state index is 0.0732. The summed E-state index contributed by atoms with van der Waals surface area (Å²) in [6, 6.07) is 6.05. The number of carbonyl (C=O) groups excluding carboxylic acids is 1. The first kappa shape index (κ1) is 12.6. The van der Waals surface area contributed by atoms with Crippen LogP contribution in [-0.4, -0.2) is 45.7 Å². The molecule has 96 valence electrons. The normalized spacial score (nSPS) is 23.1. The number of aliphatic hydroxyl groups excluding tert-OH is 1. The molecule has 1 saturated heterocycles. The third-order valence-corrected chi connectivity index (χ3v) is 3.09. The number of β-amino-alcohol motifs (C(OH)–C–C–N with tert-alkyl or cyclic N) is 1. The van der Waals surface area contributed by atoms with Gasteiger partial charge in [0.25, 0.3) is 5.91 Å². The molecule has 18 heavy (non-hydrogen) atoms. The Balaban J connectivity index is 2.25. The Labute approximate surface area is 105 Å². The second-order valence-electron chi connectivity index (χ2n) is 4.57. The van der Waals surface area contributed by atoms with E-state index in [9.17, 15) is 14.7 Å². The van der Waals surface area contributed by atoms with E-state index in [1.165, 1.54) is 4.90 Å². The molecule has 0 spiro atoms. The van der Waals surface area contributed by atoms with E-state index in [-0.39, 0.29) is 18.9 Å². The number of hydrogen-bond donors (Lipinski definition) is 2. The number of amides is 1. The Hall–Kier alpha value is -1.88. The van der Waals surface area contributed by atoms with Crippen molar-refractivity contribution in [2.24, 2.45) is 0 Å². The number of aliphatic carboxylic acids is 1. The van der Waals surface area contributed by atoms with Crippen LogP contribution in [0.15, 0.2) is 24.3 Å². The van der Waals surface area contributed by atoms with Crippen molar-refractivity contribution >= 4 is 11.9 Å². The van der Waals surface area contributed by atoms with E-state index in [0.29, 0.717) is 5.56 Å². The van der Waals surface area contributed by atoms with Crippen molar-refractivity contribution in [1.29, 1.82) is 0 Å². The van der Waals surface area contributed by atoms with Gasteiger partial charge in [-0.25, -0.2) is 4.79 Å². The van der Waals surface area contributed by atoms with Crippen molar-refractivity contribution < 1.29 is 19.8 Å². The minimum Gasteiger partial charge on any atom is -0.480 e. The summed E-state index contributed by atoms with van der Waals surface area (Å²) in [4.78, 5) is 24.5. The van der Waals surface area contributed by atoms with Gasteiger partial charge in [0.1, 0.15) is 6.04 Å².